The molecule has 0 radical (unpaired) electrons. The molecular formula is CH4O3S2. The van der Waals surface area contributed by atoms with Crippen LogP contribution in [0, 0.1) is 0 Å². The molecule has 0 spiro atoms. The summed E-state index contributed by atoms with van der Waals surface area (Å²) in [6, 6.07) is 0. The molecule has 6 heavy (non-hydrogen) atoms. The molecule has 0 rings (SSSR count). The van der Waals surface area contributed by atoms with Crippen LogP contribution < -0.4 is 0 Å². The van der Waals surface area contributed by atoms with Crippen LogP contribution in [0.4, 0.5) is 0 Å². The minimum Gasteiger partial charge on any atom is -0.277 e. The first-order chi connectivity index (χ1) is 2.56. The second-order valence-corrected chi connectivity index (χ2v) is 4.05. The van der Waals surface area contributed by atoms with Crippen molar-refractivity contribution in [3.05, 3.63) is 0 Å². The minimum atomic E-state index is -3.75. The van der Waals surface area contributed by atoms with E-state index in [-0.39, 0.29) is 0 Å². The first kappa shape index (κ1) is 6.26. The summed E-state index contributed by atoms with van der Waals surface area (Å²) in [5, 5.41) is 0. The quantitative estimate of drug-likeness (QED) is 0.406. The first-order valence-corrected chi connectivity index (χ1v) is 4.27. The maximum atomic E-state index is 9.52. The molecule has 38 valence electrons. The van der Waals surface area contributed by atoms with Crippen molar-refractivity contribution >= 4 is 19.9 Å². The second-order valence-electron chi connectivity index (χ2n) is 0.594. The second kappa shape index (κ2) is 1.81. The van der Waals surface area contributed by atoms with E-state index in [1.807, 2.05) is 0 Å². The van der Waals surface area contributed by atoms with Crippen LogP contribution >= 0.6 is 10.8 Å². The molecule has 5 heteroatoms. The number of hydrogen-bond donors (Lipinski definition) is 1. The zero-order valence-electron chi connectivity index (χ0n) is 3.08. The fourth-order valence-corrected chi connectivity index (χ4v) is 0. The highest BCUT2D eigenvalue weighted by Gasteiger charge is 1.94. The molecule has 0 aliphatic rings. The molecular weight excluding hydrogens is 127 g/mol. The summed E-state index contributed by atoms with van der Waals surface area (Å²) in [7, 11) is -3.34. The van der Waals surface area contributed by atoms with Gasteiger partial charge in [0.2, 0.25) is 0 Å². The van der Waals surface area contributed by atoms with Gasteiger partial charge in [0.1, 0.15) is 0 Å². The van der Waals surface area contributed by atoms with E-state index in [2.05, 4.69) is 0 Å². The van der Waals surface area contributed by atoms with Gasteiger partial charge in [0, 0.05) is 0 Å². The highest BCUT2D eigenvalue weighted by atomic mass is 35.3. The van der Waals surface area contributed by atoms with Gasteiger partial charge in [-0.25, -0.2) is 0 Å². The fourth-order valence-electron chi connectivity index (χ4n) is 0. The summed E-state index contributed by atoms with van der Waals surface area (Å²) in [5.41, 5.74) is 0. The van der Waals surface area contributed by atoms with Crippen molar-refractivity contribution in [1.82, 2.24) is 0 Å². The molecule has 0 aliphatic heterocycles. The van der Waals surface area contributed by atoms with Gasteiger partial charge in [-0.1, -0.05) is 0 Å². The highest BCUT2D eigenvalue weighted by molar-refractivity contribution is 8.69. The lowest BCUT2D eigenvalue weighted by molar-refractivity contribution is 0.503. The van der Waals surface area contributed by atoms with Gasteiger partial charge < -0.3 is 0 Å². The highest BCUT2D eigenvalue weighted by Crippen LogP contribution is 1.99. The molecule has 3 nitrogen and oxygen atoms in total. The third-order valence-corrected chi connectivity index (χ3v) is 1.90. The third-order valence-electron chi connectivity index (χ3n) is 0.211. The van der Waals surface area contributed by atoms with E-state index in [0.717, 1.165) is 0 Å². The Morgan fingerprint density at radius 1 is 1.67 bits per heavy atom. The molecule has 1 N–H and O–H groups in total. The largest absolute Gasteiger partial charge is 0.319 e. The summed E-state index contributed by atoms with van der Waals surface area (Å²) >= 11 is 0. The smallest absolute Gasteiger partial charge is 0.277 e. The van der Waals surface area contributed by atoms with Crippen LogP contribution in [0.1, 0.15) is 0 Å². The van der Waals surface area contributed by atoms with Crippen LogP contribution in [0.2, 0.25) is 0 Å². The van der Waals surface area contributed by atoms with Crippen molar-refractivity contribution in [2.24, 2.45) is 0 Å². The van der Waals surface area contributed by atoms with Gasteiger partial charge in [-0.2, -0.15) is 8.42 Å². The van der Waals surface area contributed by atoms with Crippen molar-refractivity contribution in [2.75, 3.05) is 6.26 Å². The van der Waals surface area contributed by atoms with Crippen LogP contribution in [-0.4, -0.2) is 19.2 Å². The Kier molecular flexibility index (Phi) is 1.89. The van der Waals surface area contributed by atoms with Gasteiger partial charge in [-0.05, 0) is 17.0 Å². The standard InChI is InChI=1S/CH4O3S2/c1-5-6(2,3)4/h1H3,(H,2,3,4)/i5+3. The van der Waals surface area contributed by atoms with E-state index < -0.39 is 9.15 Å². The van der Waals surface area contributed by atoms with Crippen LogP contribution in [0.15, 0.2) is 0 Å². The van der Waals surface area contributed by atoms with Gasteiger partial charge in [-0.15, -0.1) is 0 Å². The lowest BCUT2D eigenvalue weighted by atomic mass is 12.0. The van der Waals surface area contributed by atoms with Crippen molar-refractivity contribution < 1.29 is 13.0 Å². The summed E-state index contributed by atoms with van der Waals surface area (Å²) in [6.45, 7) is 0. The molecule has 0 unspecified atom stereocenters. The molecule has 0 bridgehead atoms. The molecule has 0 heterocycles. The Hall–Kier alpha value is 0.260. The van der Waals surface area contributed by atoms with Crippen molar-refractivity contribution in [3.63, 3.8) is 0 Å². The van der Waals surface area contributed by atoms with Crippen LogP contribution in [0.3, 0.4) is 0 Å². The third kappa shape index (κ3) is 4.26. The van der Waals surface area contributed by atoms with Gasteiger partial charge in [0.15, 0.2) is 0 Å². The Labute approximate surface area is 39.9 Å². The average Bonchev–Trinajstić information content (AvgIpc) is 1.35. The molecule has 0 aromatic rings. The predicted molar refractivity (Wildman–Crippen MR) is 25.1 cm³/mol. The number of rotatable bonds is 1. The topological polar surface area (TPSA) is 54.4 Å². The summed E-state index contributed by atoms with van der Waals surface area (Å²) < 4.78 is 26.8. The van der Waals surface area contributed by atoms with Gasteiger partial charge in [0.25, 0.3) is 0 Å². The minimum absolute atomic E-state index is 0.410. The van der Waals surface area contributed by atoms with Crippen molar-refractivity contribution in [1.29, 1.82) is 0 Å². The van der Waals surface area contributed by atoms with E-state index in [1.54, 1.807) is 0 Å². The Morgan fingerprint density at radius 2 is 1.83 bits per heavy atom. The van der Waals surface area contributed by atoms with Crippen LogP contribution in [-0.2, 0) is 9.15 Å². The van der Waals surface area contributed by atoms with E-state index >= 15 is 0 Å². The van der Waals surface area contributed by atoms with E-state index in [1.165, 1.54) is 6.26 Å². The Balaban J connectivity index is 3.85. The van der Waals surface area contributed by atoms with Crippen LogP contribution in [0.5, 0.6) is 0 Å². The first-order valence-electron chi connectivity index (χ1n) is 1.09. The van der Waals surface area contributed by atoms with Gasteiger partial charge >= 0.3 is 9.15 Å². The monoisotopic (exact) mass is 131 g/mol. The van der Waals surface area contributed by atoms with Gasteiger partial charge in [-0.3, -0.25) is 4.55 Å². The summed E-state index contributed by atoms with van der Waals surface area (Å²) in [4.78, 5) is 0. The van der Waals surface area contributed by atoms with Crippen molar-refractivity contribution in [3.8, 4) is 0 Å². The predicted octanol–water partition coefficient (Wildman–Crippen LogP) is 0.152. The summed E-state index contributed by atoms with van der Waals surface area (Å²) in [5.74, 6) is 0. The molecule has 0 saturated carbocycles. The molecule has 0 saturated heterocycles. The van der Waals surface area contributed by atoms with Crippen LogP contribution in [0.25, 0.3) is 0 Å². The average molecular weight is 131 g/mol. The molecule has 0 amide bonds. The SMILES string of the molecule is C[35S]S(=O)(=O)O. The Bertz CT molecular complexity index is 111. The Morgan fingerprint density at radius 3 is 1.83 bits per heavy atom. The fraction of sp³-hybridized carbons (Fsp3) is 1.00. The maximum absolute atomic E-state index is 9.52. The van der Waals surface area contributed by atoms with E-state index in [4.69, 9.17) is 4.55 Å². The van der Waals surface area contributed by atoms with E-state index in [9.17, 15) is 8.42 Å². The molecule has 0 aromatic carbocycles. The van der Waals surface area contributed by atoms with Gasteiger partial charge in [0.05, 0.1) is 0 Å². The summed E-state index contributed by atoms with van der Waals surface area (Å²) in [6.07, 6.45) is 1.29. The van der Waals surface area contributed by atoms with E-state index in [0.29, 0.717) is 10.8 Å². The lowest BCUT2D eigenvalue weighted by Crippen LogP contribution is -1.84. The number of hydrogen-bond acceptors (Lipinski definition) is 3. The maximum Gasteiger partial charge on any atom is 0.319 e. The zero-order valence-corrected chi connectivity index (χ0v) is 4.71. The van der Waals surface area contributed by atoms with Crippen molar-refractivity contribution in [2.45, 2.75) is 0 Å². The molecule has 0 aliphatic carbocycles. The molecule has 0 atom stereocenters. The lowest BCUT2D eigenvalue weighted by Gasteiger charge is -1.79. The normalized spacial score (nSPS) is 11.7. The molecule has 0 fully saturated rings. The zero-order chi connectivity index (χ0) is 5.21. The molecule has 0 aromatic heterocycles.